The van der Waals surface area contributed by atoms with Crippen molar-refractivity contribution in [2.24, 2.45) is 0 Å². The first-order chi connectivity index (χ1) is 19.0. The fourth-order valence-corrected chi connectivity index (χ4v) is 5.20. The molecule has 1 atom stereocenters. The minimum absolute atomic E-state index is 0.0742. The molecule has 0 fully saturated rings. The molecule has 0 aliphatic carbocycles. The zero-order valence-corrected chi connectivity index (χ0v) is 23.1. The SMILES string of the molecule is CCCCCCN(C(=O)c1ccc2ccccc2c1)C(C)c1nc2ccccc2c(=O)n1-c1ccc(Cl)cc1. The van der Waals surface area contributed by atoms with Gasteiger partial charge in [-0.25, -0.2) is 4.98 Å². The summed E-state index contributed by atoms with van der Waals surface area (Å²) in [7, 11) is 0. The minimum Gasteiger partial charge on any atom is -0.329 e. The summed E-state index contributed by atoms with van der Waals surface area (Å²) in [6.07, 6.45) is 4.11. The molecule has 1 unspecified atom stereocenters. The quantitative estimate of drug-likeness (QED) is 0.179. The van der Waals surface area contributed by atoms with Crippen LogP contribution >= 0.6 is 11.6 Å². The number of aromatic nitrogens is 2. The molecule has 0 N–H and O–H groups in total. The molecule has 5 aromatic rings. The fourth-order valence-electron chi connectivity index (χ4n) is 5.08. The predicted octanol–water partition coefficient (Wildman–Crippen LogP) is 7.98. The summed E-state index contributed by atoms with van der Waals surface area (Å²) in [5, 5.41) is 3.21. The van der Waals surface area contributed by atoms with E-state index in [-0.39, 0.29) is 11.5 Å². The first kappa shape index (κ1) is 26.6. The lowest BCUT2D eigenvalue weighted by atomic mass is 10.0. The molecule has 198 valence electrons. The monoisotopic (exact) mass is 537 g/mol. The van der Waals surface area contributed by atoms with Gasteiger partial charge in [0.1, 0.15) is 5.82 Å². The second-order valence-corrected chi connectivity index (χ2v) is 10.3. The number of rotatable bonds is 9. The second-order valence-electron chi connectivity index (χ2n) is 9.90. The Morgan fingerprint density at radius 1 is 0.897 bits per heavy atom. The van der Waals surface area contributed by atoms with Crippen LogP contribution in [0, 0.1) is 0 Å². The highest BCUT2D eigenvalue weighted by Crippen LogP contribution is 2.27. The third-order valence-corrected chi connectivity index (χ3v) is 7.49. The average Bonchev–Trinajstić information content (AvgIpc) is 2.97. The van der Waals surface area contributed by atoms with Crippen LogP contribution in [0.4, 0.5) is 0 Å². The standard InChI is InChI=1S/C33H32ClN3O2/c1-3-4-5-10-21-36(32(38)26-16-15-24-11-6-7-12-25(24)22-26)23(2)31-35-30-14-9-8-13-29(30)33(39)37(31)28-19-17-27(34)18-20-28/h6-9,11-20,22-23H,3-5,10,21H2,1-2H3. The maximum Gasteiger partial charge on any atom is 0.266 e. The number of carbonyl (C=O) groups is 1. The van der Waals surface area contributed by atoms with Crippen LogP contribution < -0.4 is 5.56 Å². The van der Waals surface area contributed by atoms with Crippen LogP contribution in [0.5, 0.6) is 0 Å². The molecule has 0 aliphatic rings. The Balaban J connectivity index is 1.63. The third kappa shape index (κ3) is 5.59. The molecule has 0 saturated carbocycles. The van der Waals surface area contributed by atoms with Crippen molar-refractivity contribution in [3.63, 3.8) is 0 Å². The normalized spacial score (nSPS) is 12.1. The van der Waals surface area contributed by atoms with Crippen LogP contribution in [0.25, 0.3) is 27.4 Å². The van der Waals surface area contributed by atoms with Gasteiger partial charge < -0.3 is 4.90 Å². The highest BCUT2D eigenvalue weighted by Gasteiger charge is 2.27. The van der Waals surface area contributed by atoms with Crippen molar-refractivity contribution in [2.75, 3.05) is 6.54 Å². The van der Waals surface area contributed by atoms with Gasteiger partial charge in [0.2, 0.25) is 0 Å². The van der Waals surface area contributed by atoms with Crippen molar-refractivity contribution in [1.82, 2.24) is 14.5 Å². The van der Waals surface area contributed by atoms with Gasteiger partial charge in [-0.3, -0.25) is 14.2 Å². The van der Waals surface area contributed by atoms with Crippen LogP contribution in [0.2, 0.25) is 5.02 Å². The van der Waals surface area contributed by atoms with Crippen molar-refractivity contribution >= 4 is 39.2 Å². The van der Waals surface area contributed by atoms with E-state index in [9.17, 15) is 9.59 Å². The summed E-state index contributed by atoms with van der Waals surface area (Å²) in [6, 6.07) is 27.9. The Kier molecular flexibility index (Phi) is 8.08. The Bertz CT molecular complexity index is 1680. The molecular weight excluding hydrogens is 506 g/mol. The highest BCUT2D eigenvalue weighted by atomic mass is 35.5. The van der Waals surface area contributed by atoms with Crippen molar-refractivity contribution < 1.29 is 4.79 Å². The number of nitrogens with zero attached hydrogens (tertiary/aromatic N) is 3. The Morgan fingerprint density at radius 2 is 1.62 bits per heavy atom. The van der Waals surface area contributed by atoms with Crippen LogP contribution in [0.1, 0.15) is 61.8 Å². The third-order valence-electron chi connectivity index (χ3n) is 7.24. The van der Waals surface area contributed by atoms with Gasteiger partial charge in [-0.15, -0.1) is 0 Å². The zero-order chi connectivity index (χ0) is 27.4. The van der Waals surface area contributed by atoms with Gasteiger partial charge in [0.15, 0.2) is 0 Å². The largest absolute Gasteiger partial charge is 0.329 e. The van der Waals surface area contributed by atoms with Gasteiger partial charge in [0.25, 0.3) is 11.5 Å². The van der Waals surface area contributed by atoms with Gasteiger partial charge in [0, 0.05) is 17.1 Å². The summed E-state index contributed by atoms with van der Waals surface area (Å²) in [5.74, 6) is 0.445. The van der Waals surface area contributed by atoms with Crippen molar-refractivity contribution in [3.8, 4) is 5.69 Å². The number of unbranched alkanes of at least 4 members (excludes halogenated alkanes) is 3. The highest BCUT2D eigenvalue weighted by molar-refractivity contribution is 6.30. The summed E-state index contributed by atoms with van der Waals surface area (Å²) in [6.45, 7) is 4.70. The van der Waals surface area contributed by atoms with E-state index in [1.807, 2.05) is 84.6 Å². The minimum atomic E-state index is -0.460. The summed E-state index contributed by atoms with van der Waals surface area (Å²) >= 11 is 6.16. The maximum absolute atomic E-state index is 14.1. The molecular formula is C33H32ClN3O2. The number of benzene rings is 4. The lowest BCUT2D eigenvalue weighted by molar-refractivity contribution is 0.0677. The number of hydrogen-bond acceptors (Lipinski definition) is 3. The predicted molar refractivity (Wildman–Crippen MR) is 160 cm³/mol. The first-order valence-electron chi connectivity index (χ1n) is 13.6. The molecule has 5 rings (SSSR count). The van der Waals surface area contributed by atoms with Gasteiger partial charge in [-0.2, -0.15) is 0 Å². The van der Waals surface area contributed by atoms with E-state index in [4.69, 9.17) is 16.6 Å². The van der Waals surface area contributed by atoms with Gasteiger partial charge >= 0.3 is 0 Å². The molecule has 6 heteroatoms. The zero-order valence-electron chi connectivity index (χ0n) is 22.3. The molecule has 4 aromatic carbocycles. The van der Waals surface area contributed by atoms with E-state index in [0.29, 0.717) is 39.5 Å². The smallest absolute Gasteiger partial charge is 0.266 e. The summed E-state index contributed by atoms with van der Waals surface area (Å²) < 4.78 is 1.62. The number of fused-ring (bicyclic) bond motifs is 2. The summed E-state index contributed by atoms with van der Waals surface area (Å²) in [5.41, 5.74) is 1.72. The van der Waals surface area contributed by atoms with Crippen LogP contribution in [0.3, 0.4) is 0 Å². The number of para-hydroxylation sites is 1. The van der Waals surface area contributed by atoms with E-state index in [2.05, 4.69) is 6.92 Å². The number of carbonyl (C=O) groups excluding carboxylic acids is 1. The van der Waals surface area contributed by atoms with Gasteiger partial charge in [0.05, 0.1) is 22.6 Å². The van der Waals surface area contributed by atoms with E-state index < -0.39 is 6.04 Å². The number of amides is 1. The molecule has 0 aliphatic heterocycles. The number of halogens is 1. The topological polar surface area (TPSA) is 55.2 Å². The molecule has 0 saturated heterocycles. The average molecular weight is 538 g/mol. The molecule has 0 radical (unpaired) electrons. The molecule has 1 amide bonds. The summed E-state index contributed by atoms with van der Waals surface area (Å²) in [4.78, 5) is 34.8. The van der Waals surface area contributed by atoms with Gasteiger partial charge in [-0.05, 0) is 72.6 Å². The lowest BCUT2D eigenvalue weighted by Gasteiger charge is -2.31. The maximum atomic E-state index is 14.1. The van der Waals surface area contributed by atoms with E-state index in [0.717, 1.165) is 36.5 Å². The molecule has 0 bridgehead atoms. The first-order valence-corrected chi connectivity index (χ1v) is 13.9. The Labute approximate surface area is 233 Å². The number of hydrogen-bond donors (Lipinski definition) is 0. The van der Waals surface area contributed by atoms with Crippen LogP contribution in [0.15, 0.2) is 95.8 Å². The van der Waals surface area contributed by atoms with Crippen LogP contribution in [-0.4, -0.2) is 26.9 Å². The van der Waals surface area contributed by atoms with E-state index >= 15 is 0 Å². The molecule has 0 spiro atoms. The van der Waals surface area contributed by atoms with Gasteiger partial charge in [-0.1, -0.05) is 80.3 Å². The second kappa shape index (κ2) is 11.8. The van der Waals surface area contributed by atoms with Crippen molar-refractivity contribution in [1.29, 1.82) is 0 Å². The lowest BCUT2D eigenvalue weighted by Crippen LogP contribution is -2.38. The molecule has 1 aromatic heterocycles. The Morgan fingerprint density at radius 3 is 2.38 bits per heavy atom. The Hall–Kier alpha value is -3.96. The van der Waals surface area contributed by atoms with Crippen LogP contribution in [-0.2, 0) is 0 Å². The van der Waals surface area contributed by atoms with E-state index in [1.165, 1.54) is 0 Å². The fraction of sp³-hybridized carbons (Fsp3) is 0.242. The molecule has 39 heavy (non-hydrogen) atoms. The van der Waals surface area contributed by atoms with Crippen molar-refractivity contribution in [2.45, 2.75) is 45.6 Å². The molecule has 1 heterocycles. The van der Waals surface area contributed by atoms with E-state index in [1.54, 1.807) is 22.8 Å². The molecule has 5 nitrogen and oxygen atoms in total. The van der Waals surface area contributed by atoms with Crippen molar-refractivity contribution in [3.05, 3.63) is 118 Å².